The Balaban J connectivity index is 1.43. The highest BCUT2D eigenvalue weighted by Gasteiger charge is 2.22. The van der Waals surface area contributed by atoms with Gasteiger partial charge in [0.05, 0.1) is 21.3 Å². The predicted octanol–water partition coefficient (Wildman–Crippen LogP) is 5.87. The third-order valence-corrected chi connectivity index (χ3v) is 8.83. The van der Waals surface area contributed by atoms with Crippen LogP contribution < -0.4 is 9.03 Å². The lowest BCUT2D eigenvalue weighted by Crippen LogP contribution is -2.19. The predicted molar refractivity (Wildman–Crippen MR) is 138 cm³/mol. The summed E-state index contributed by atoms with van der Waals surface area (Å²) in [4.78, 5) is 5.11. The van der Waals surface area contributed by atoms with Crippen LogP contribution in [0.3, 0.4) is 0 Å². The fourth-order valence-corrected chi connectivity index (χ4v) is 6.56. The van der Waals surface area contributed by atoms with Gasteiger partial charge in [-0.2, -0.15) is 0 Å². The van der Waals surface area contributed by atoms with Crippen LogP contribution in [0.15, 0.2) is 77.8 Å². The average Bonchev–Trinajstić information content (AvgIpc) is 3.25. The van der Waals surface area contributed by atoms with E-state index in [4.69, 9.17) is 11.6 Å². The van der Waals surface area contributed by atoms with E-state index in [0.717, 1.165) is 46.2 Å². The Hall–Kier alpha value is -2.74. The Kier molecular flexibility index (Phi) is 6.19. The molecule has 1 aliphatic rings. The van der Waals surface area contributed by atoms with Crippen LogP contribution in [0.5, 0.6) is 0 Å². The van der Waals surface area contributed by atoms with Gasteiger partial charge in [0.15, 0.2) is 11.0 Å². The first-order valence-electron chi connectivity index (χ1n) is 10.6. The summed E-state index contributed by atoms with van der Waals surface area (Å²) in [5, 5.41) is 2.57. The second kappa shape index (κ2) is 9.25. The van der Waals surface area contributed by atoms with Gasteiger partial charge in [-0.3, -0.25) is 9.29 Å². The Bertz CT molecular complexity index is 1400. The van der Waals surface area contributed by atoms with E-state index in [-0.39, 0.29) is 0 Å². The number of nitrogens with zero attached hydrogens (tertiary/aromatic N) is 2. The van der Waals surface area contributed by atoms with Gasteiger partial charge < -0.3 is 4.72 Å². The molecule has 5 nitrogen and oxygen atoms in total. The molecule has 33 heavy (non-hydrogen) atoms. The highest BCUT2D eigenvalue weighted by molar-refractivity contribution is 7.87. The quantitative estimate of drug-likeness (QED) is 0.376. The number of aromatic nitrogens is 1. The van der Waals surface area contributed by atoms with E-state index in [1.54, 1.807) is 12.1 Å². The molecule has 2 heterocycles. The number of fused-ring (bicyclic) bond motifs is 1. The fourth-order valence-electron chi connectivity index (χ4n) is 4.02. The third kappa shape index (κ3) is 4.40. The van der Waals surface area contributed by atoms with E-state index in [0.29, 0.717) is 21.4 Å². The molecule has 1 saturated heterocycles. The lowest BCUT2D eigenvalue weighted by Gasteiger charge is -2.17. The molecule has 0 spiro atoms. The molecule has 4 aromatic rings. The van der Waals surface area contributed by atoms with E-state index in [1.807, 2.05) is 59.9 Å². The smallest absolute Gasteiger partial charge is 0.151 e. The van der Waals surface area contributed by atoms with Crippen molar-refractivity contribution in [2.75, 3.05) is 21.3 Å². The molecule has 0 aliphatic carbocycles. The number of pyridine rings is 1. The van der Waals surface area contributed by atoms with Gasteiger partial charge in [-0.1, -0.05) is 41.9 Å². The zero-order valence-electron chi connectivity index (χ0n) is 18.0. The monoisotopic (exact) mass is 495 g/mol. The Labute approximate surface area is 203 Å². The maximum Gasteiger partial charge on any atom is 0.151 e. The molecule has 0 amide bonds. The van der Waals surface area contributed by atoms with Crippen molar-refractivity contribution < 1.29 is 8.42 Å². The van der Waals surface area contributed by atoms with E-state index in [2.05, 4.69) is 21.8 Å². The van der Waals surface area contributed by atoms with Gasteiger partial charge in [0.1, 0.15) is 11.0 Å². The standard InChI is InChI=1S/C25H22ClN3O2S2/c1-17-7-8-19(15-22(17)25-21-6-3-2-5-18(21)11-12-27-25)28-33(31)24-10-9-20(16-23(24)26)29-13-4-14-32(29)30/h2-3,5-12,15-16,28H,4,13-14H2,1H3. The third-order valence-electron chi connectivity index (χ3n) is 5.71. The fraction of sp³-hybridized carbons (Fsp3) is 0.160. The first-order chi connectivity index (χ1) is 16.0. The van der Waals surface area contributed by atoms with Crippen LogP contribution in [0.1, 0.15) is 12.0 Å². The molecular formula is C25H22ClN3O2S2. The molecule has 0 radical (unpaired) electrons. The molecule has 5 rings (SSSR count). The summed E-state index contributed by atoms with van der Waals surface area (Å²) in [5.74, 6) is 0.661. The van der Waals surface area contributed by atoms with Gasteiger partial charge in [0.25, 0.3) is 0 Å². The molecule has 8 heteroatoms. The molecule has 168 valence electrons. The zero-order chi connectivity index (χ0) is 22.9. The van der Waals surface area contributed by atoms with E-state index >= 15 is 0 Å². The molecule has 1 aromatic heterocycles. The average molecular weight is 496 g/mol. The van der Waals surface area contributed by atoms with Crippen molar-refractivity contribution in [2.45, 2.75) is 18.2 Å². The van der Waals surface area contributed by atoms with Crippen molar-refractivity contribution >= 4 is 55.7 Å². The molecule has 1 N–H and O–H groups in total. The van der Waals surface area contributed by atoms with Crippen LogP contribution in [-0.2, 0) is 22.0 Å². The molecular weight excluding hydrogens is 474 g/mol. The second-order valence-electron chi connectivity index (χ2n) is 7.88. The molecule has 0 saturated carbocycles. The van der Waals surface area contributed by atoms with Gasteiger partial charge in [0, 0.05) is 35.1 Å². The van der Waals surface area contributed by atoms with Crippen molar-refractivity contribution in [3.05, 3.63) is 83.5 Å². The number of rotatable bonds is 5. The molecule has 2 atom stereocenters. The maximum atomic E-state index is 13.1. The van der Waals surface area contributed by atoms with E-state index in [9.17, 15) is 8.42 Å². The number of hydrogen-bond donors (Lipinski definition) is 1. The highest BCUT2D eigenvalue weighted by atomic mass is 35.5. The second-order valence-corrected chi connectivity index (χ2v) is 11.0. The van der Waals surface area contributed by atoms with E-state index in [1.165, 1.54) is 0 Å². The summed E-state index contributed by atoms with van der Waals surface area (Å²) < 4.78 is 30.1. The zero-order valence-corrected chi connectivity index (χ0v) is 20.3. The van der Waals surface area contributed by atoms with Crippen LogP contribution in [0.25, 0.3) is 22.0 Å². The van der Waals surface area contributed by atoms with Crippen molar-refractivity contribution in [3.8, 4) is 11.3 Å². The molecule has 1 aliphatic heterocycles. The summed E-state index contributed by atoms with van der Waals surface area (Å²) in [5.41, 5.74) is 4.45. The summed E-state index contributed by atoms with van der Waals surface area (Å²) in [6.45, 7) is 2.77. The van der Waals surface area contributed by atoms with Crippen LogP contribution in [-0.4, -0.2) is 25.7 Å². The summed E-state index contributed by atoms with van der Waals surface area (Å²) in [6, 6.07) is 21.3. The van der Waals surface area contributed by atoms with Gasteiger partial charge in [-0.15, -0.1) is 0 Å². The number of anilines is 2. The lowest BCUT2D eigenvalue weighted by atomic mass is 10.00. The number of nitrogens with one attached hydrogen (secondary N) is 1. The van der Waals surface area contributed by atoms with Gasteiger partial charge >= 0.3 is 0 Å². The number of aryl methyl sites for hydroxylation is 1. The van der Waals surface area contributed by atoms with Crippen LogP contribution in [0, 0.1) is 6.92 Å². The van der Waals surface area contributed by atoms with Crippen LogP contribution >= 0.6 is 11.6 Å². The molecule has 0 bridgehead atoms. The van der Waals surface area contributed by atoms with Crippen LogP contribution in [0.4, 0.5) is 11.4 Å². The van der Waals surface area contributed by atoms with Crippen molar-refractivity contribution in [2.24, 2.45) is 0 Å². The first kappa shape index (κ1) is 22.1. The highest BCUT2D eigenvalue weighted by Crippen LogP contribution is 2.33. The minimum atomic E-state index is -1.56. The molecule has 2 unspecified atom stereocenters. The van der Waals surface area contributed by atoms with E-state index < -0.39 is 22.0 Å². The van der Waals surface area contributed by atoms with Crippen molar-refractivity contribution in [3.63, 3.8) is 0 Å². The van der Waals surface area contributed by atoms with Crippen molar-refractivity contribution in [1.29, 1.82) is 0 Å². The number of halogens is 1. The van der Waals surface area contributed by atoms with Gasteiger partial charge in [0.2, 0.25) is 0 Å². The minimum Gasteiger partial charge on any atom is -0.301 e. The molecule has 1 fully saturated rings. The summed E-state index contributed by atoms with van der Waals surface area (Å²) in [6.07, 6.45) is 2.70. The molecule has 3 aromatic carbocycles. The number of hydrogen-bond acceptors (Lipinski definition) is 3. The van der Waals surface area contributed by atoms with Crippen LogP contribution in [0.2, 0.25) is 5.02 Å². The van der Waals surface area contributed by atoms with Gasteiger partial charge in [-0.05, 0) is 60.7 Å². The SMILES string of the molecule is Cc1ccc(NS(=O)c2ccc(N3CCCS3=O)cc2Cl)cc1-c1nccc2ccccc12. The van der Waals surface area contributed by atoms with Crippen molar-refractivity contribution in [1.82, 2.24) is 4.98 Å². The first-order valence-corrected chi connectivity index (χ1v) is 13.4. The topological polar surface area (TPSA) is 62.3 Å². The Morgan fingerprint density at radius 3 is 2.73 bits per heavy atom. The minimum absolute atomic E-state index is 0.380. The Morgan fingerprint density at radius 2 is 1.94 bits per heavy atom. The normalized spacial score (nSPS) is 16.8. The largest absolute Gasteiger partial charge is 0.301 e. The lowest BCUT2D eigenvalue weighted by molar-refractivity contribution is 0.685. The Morgan fingerprint density at radius 1 is 1.09 bits per heavy atom. The summed E-state index contributed by atoms with van der Waals surface area (Å²) in [7, 11) is -2.58. The maximum absolute atomic E-state index is 13.1. The summed E-state index contributed by atoms with van der Waals surface area (Å²) >= 11 is 6.47. The van der Waals surface area contributed by atoms with Gasteiger partial charge in [-0.25, -0.2) is 8.42 Å². The number of benzene rings is 3.